The molecule has 1 unspecified atom stereocenters. The summed E-state index contributed by atoms with van der Waals surface area (Å²) in [6, 6.07) is 0. The van der Waals surface area contributed by atoms with Gasteiger partial charge in [-0.05, 0) is 31.7 Å². The van der Waals surface area contributed by atoms with Gasteiger partial charge in [-0.1, -0.05) is 26.7 Å². The number of nitrogens with one attached hydrogen (secondary N) is 1. The van der Waals surface area contributed by atoms with E-state index in [1.54, 1.807) is 0 Å². The van der Waals surface area contributed by atoms with E-state index >= 15 is 0 Å². The second kappa shape index (κ2) is 8.51. The van der Waals surface area contributed by atoms with Gasteiger partial charge in [0.15, 0.2) is 0 Å². The van der Waals surface area contributed by atoms with Crippen molar-refractivity contribution in [2.24, 2.45) is 5.92 Å². The van der Waals surface area contributed by atoms with E-state index in [0.717, 1.165) is 26.2 Å². The fourth-order valence-electron chi connectivity index (χ4n) is 2.39. The molecular weight excluding hydrogens is 212 g/mol. The zero-order chi connectivity index (χ0) is 12.5. The van der Waals surface area contributed by atoms with Gasteiger partial charge in [-0.15, -0.1) is 0 Å². The summed E-state index contributed by atoms with van der Waals surface area (Å²) < 4.78 is 0. The minimum absolute atomic E-state index is 0.333. The number of likely N-dealkylation sites (tertiary alicyclic amines) is 1. The normalized spacial score (nSPS) is 20.6. The Kier molecular flexibility index (Phi) is 7.25. The first-order valence-corrected chi connectivity index (χ1v) is 7.22. The van der Waals surface area contributed by atoms with Gasteiger partial charge in [-0.25, -0.2) is 0 Å². The van der Waals surface area contributed by atoms with Gasteiger partial charge in [-0.3, -0.25) is 4.79 Å². The Morgan fingerprint density at radius 2 is 2.18 bits per heavy atom. The predicted molar refractivity (Wildman–Crippen MR) is 72.0 cm³/mol. The number of piperidine rings is 1. The number of nitrogens with zero attached hydrogens (tertiary/aromatic N) is 1. The number of hydrogen-bond donors (Lipinski definition) is 1. The molecule has 1 amide bonds. The Balaban J connectivity index is 2.04. The zero-order valence-electron chi connectivity index (χ0n) is 11.5. The van der Waals surface area contributed by atoms with Crippen LogP contribution < -0.4 is 5.32 Å². The molecule has 3 nitrogen and oxygen atoms in total. The smallest absolute Gasteiger partial charge is 0.223 e. The standard InChI is InChI=1S/C14H28N2O/c1-3-4-5-9-15-10-8-14(17)16-11-6-7-13(2)12-16/h13,15H,3-12H2,1-2H3. The maximum absolute atomic E-state index is 11.9. The van der Waals surface area contributed by atoms with Crippen LogP contribution in [-0.2, 0) is 4.79 Å². The van der Waals surface area contributed by atoms with Crippen molar-refractivity contribution in [2.45, 2.75) is 52.4 Å². The first-order chi connectivity index (χ1) is 8.24. The molecular formula is C14H28N2O. The Morgan fingerprint density at radius 3 is 2.88 bits per heavy atom. The fraction of sp³-hybridized carbons (Fsp3) is 0.929. The highest BCUT2D eigenvalue weighted by atomic mass is 16.2. The van der Waals surface area contributed by atoms with Gasteiger partial charge in [0.2, 0.25) is 5.91 Å². The molecule has 1 atom stereocenters. The highest BCUT2D eigenvalue weighted by Gasteiger charge is 2.19. The van der Waals surface area contributed by atoms with Crippen molar-refractivity contribution in [1.82, 2.24) is 10.2 Å². The molecule has 1 aliphatic heterocycles. The van der Waals surface area contributed by atoms with Gasteiger partial charge in [0.05, 0.1) is 0 Å². The van der Waals surface area contributed by atoms with Crippen LogP contribution in [0.15, 0.2) is 0 Å². The molecule has 0 bridgehead atoms. The lowest BCUT2D eigenvalue weighted by molar-refractivity contribution is -0.132. The average Bonchev–Trinajstić information content (AvgIpc) is 2.33. The minimum atomic E-state index is 0.333. The van der Waals surface area contributed by atoms with E-state index in [1.807, 2.05) is 4.90 Å². The summed E-state index contributed by atoms with van der Waals surface area (Å²) >= 11 is 0. The summed E-state index contributed by atoms with van der Waals surface area (Å²) in [7, 11) is 0. The molecule has 100 valence electrons. The van der Waals surface area contributed by atoms with Crippen molar-refractivity contribution in [2.75, 3.05) is 26.2 Å². The van der Waals surface area contributed by atoms with Gasteiger partial charge >= 0.3 is 0 Å². The minimum Gasteiger partial charge on any atom is -0.342 e. The predicted octanol–water partition coefficient (Wildman–Crippen LogP) is 2.41. The highest BCUT2D eigenvalue weighted by molar-refractivity contribution is 5.76. The van der Waals surface area contributed by atoms with Crippen molar-refractivity contribution in [3.8, 4) is 0 Å². The lowest BCUT2D eigenvalue weighted by Crippen LogP contribution is -2.40. The molecule has 0 spiro atoms. The van der Waals surface area contributed by atoms with E-state index in [1.165, 1.54) is 32.1 Å². The summed E-state index contributed by atoms with van der Waals surface area (Å²) in [5.41, 5.74) is 0. The average molecular weight is 240 g/mol. The molecule has 1 heterocycles. The monoisotopic (exact) mass is 240 g/mol. The van der Waals surface area contributed by atoms with E-state index in [9.17, 15) is 4.79 Å². The van der Waals surface area contributed by atoms with Crippen LogP contribution in [-0.4, -0.2) is 37.0 Å². The van der Waals surface area contributed by atoms with Gasteiger partial charge in [0.1, 0.15) is 0 Å². The topological polar surface area (TPSA) is 32.3 Å². The molecule has 1 fully saturated rings. The molecule has 0 aromatic heterocycles. The van der Waals surface area contributed by atoms with Crippen molar-refractivity contribution >= 4 is 5.91 Å². The molecule has 1 saturated heterocycles. The van der Waals surface area contributed by atoms with Crippen LogP contribution in [0.2, 0.25) is 0 Å². The second-order valence-electron chi connectivity index (χ2n) is 5.29. The van der Waals surface area contributed by atoms with Crippen LogP contribution in [0.5, 0.6) is 0 Å². The van der Waals surface area contributed by atoms with Crippen LogP contribution in [0.1, 0.15) is 52.4 Å². The van der Waals surface area contributed by atoms with E-state index < -0.39 is 0 Å². The van der Waals surface area contributed by atoms with Crippen LogP contribution in [0.25, 0.3) is 0 Å². The number of carbonyl (C=O) groups is 1. The zero-order valence-corrected chi connectivity index (χ0v) is 11.5. The van der Waals surface area contributed by atoms with Gasteiger partial charge < -0.3 is 10.2 Å². The van der Waals surface area contributed by atoms with E-state index in [4.69, 9.17) is 0 Å². The van der Waals surface area contributed by atoms with Crippen molar-refractivity contribution < 1.29 is 4.79 Å². The summed E-state index contributed by atoms with van der Waals surface area (Å²) in [5, 5.41) is 3.35. The molecule has 0 radical (unpaired) electrons. The molecule has 1 aliphatic rings. The third kappa shape index (κ3) is 6.06. The molecule has 0 aromatic rings. The highest BCUT2D eigenvalue weighted by Crippen LogP contribution is 2.15. The van der Waals surface area contributed by atoms with E-state index in [2.05, 4.69) is 19.2 Å². The van der Waals surface area contributed by atoms with E-state index in [0.29, 0.717) is 18.2 Å². The van der Waals surface area contributed by atoms with Gasteiger partial charge in [0.25, 0.3) is 0 Å². The summed E-state index contributed by atoms with van der Waals surface area (Å²) in [4.78, 5) is 14.0. The van der Waals surface area contributed by atoms with Crippen LogP contribution >= 0.6 is 0 Å². The Hall–Kier alpha value is -0.570. The second-order valence-corrected chi connectivity index (χ2v) is 5.29. The Bertz CT molecular complexity index is 218. The Morgan fingerprint density at radius 1 is 1.35 bits per heavy atom. The van der Waals surface area contributed by atoms with Crippen LogP contribution in [0, 0.1) is 5.92 Å². The van der Waals surface area contributed by atoms with Crippen molar-refractivity contribution in [1.29, 1.82) is 0 Å². The maximum Gasteiger partial charge on any atom is 0.223 e. The molecule has 0 saturated carbocycles. The van der Waals surface area contributed by atoms with Crippen molar-refractivity contribution in [3.05, 3.63) is 0 Å². The molecule has 17 heavy (non-hydrogen) atoms. The van der Waals surface area contributed by atoms with E-state index in [-0.39, 0.29) is 0 Å². The SMILES string of the molecule is CCCCCNCCC(=O)N1CCCC(C)C1. The van der Waals surface area contributed by atoms with Gasteiger partial charge in [0, 0.05) is 26.1 Å². The summed E-state index contributed by atoms with van der Waals surface area (Å²) in [6.45, 7) is 8.28. The van der Waals surface area contributed by atoms with Gasteiger partial charge in [-0.2, -0.15) is 0 Å². The maximum atomic E-state index is 11.9. The number of unbranched alkanes of at least 4 members (excludes halogenated alkanes) is 2. The van der Waals surface area contributed by atoms with Crippen molar-refractivity contribution in [3.63, 3.8) is 0 Å². The fourth-order valence-corrected chi connectivity index (χ4v) is 2.39. The molecule has 1 rings (SSSR count). The molecule has 0 aromatic carbocycles. The lowest BCUT2D eigenvalue weighted by atomic mass is 10.00. The third-order valence-electron chi connectivity index (χ3n) is 3.48. The first-order valence-electron chi connectivity index (χ1n) is 7.22. The summed E-state index contributed by atoms with van der Waals surface area (Å²) in [5.74, 6) is 1.02. The largest absolute Gasteiger partial charge is 0.342 e. The molecule has 1 N–H and O–H groups in total. The number of hydrogen-bond acceptors (Lipinski definition) is 2. The summed E-state index contributed by atoms with van der Waals surface area (Å²) in [6.07, 6.45) is 6.89. The molecule has 3 heteroatoms. The number of amides is 1. The third-order valence-corrected chi connectivity index (χ3v) is 3.48. The number of rotatable bonds is 7. The Labute approximate surface area is 106 Å². The quantitative estimate of drug-likeness (QED) is 0.693. The lowest BCUT2D eigenvalue weighted by Gasteiger charge is -2.31. The number of carbonyl (C=O) groups excluding carboxylic acids is 1. The first kappa shape index (κ1) is 14.5. The van der Waals surface area contributed by atoms with Crippen LogP contribution in [0.3, 0.4) is 0 Å². The van der Waals surface area contributed by atoms with Crippen LogP contribution in [0.4, 0.5) is 0 Å². The molecule has 0 aliphatic carbocycles.